The molecule has 0 bridgehead atoms. The third kappa shape index (κ3) is 10.7. The molecule has 1 unspecified atom stereocenters. The molecule has 0 spiro atoms. The average molecular weight is 232 g/mol. The van der Waals surface area contributed by atoms with E-state index in [-0.39, 0.29) is 8.15 Å². The lowest BCUT2D eigenvalue weighted by molar-refractivity contribution is 0.456. The van der Waals surface area contributed by atoms with Crippen LogP contribution in [0.5, 0.6) is 0 Å². The fraction of sp³-hybridized carbons (Fsp3) is 1.00. The van der Waals surface area contributed by atoms with Gasteiger partial charge in [-0.2, -0.15) is 0 Å². The number of hydrogen-bond donors (Lipinski definition) is 0. The zero-order valence-electron chi connectivity index (χ0n) is 10.9. The average Bonchev–Trinajstić information content (AvgIpc) is 2.27. The van der Waals surface area contributed by atoms with Gasteiger partial charge in [0.05, 0.1) is 0 Å². The molecule has 2 heteroatoms. The lowest BCUT2D eigenvalue weighted by atomic mass is 10.1. The summed E-state index contributed by atoms with van der Waals surface area (Å²) < 4.78 is 5.54. The van der Waals surface area contributed by atoms with Crippen LogP contribution >= 0.6 is 8.15 Å². The van der Waals surface area contributed by atoms with Crippen LogP contribution < -0.4 is 0 Å². The van der Waals surface area contributed by atoms with E-state index in [1.165, 1.54) is 63.7 Å². The Morgan fingerprint density at radius 3 is 1.87 bits per heavy atom. The third-order valence-electron chi connectivity index (χ3n) is 2.78. The van der Waals surface area contributed by atoms with E-state index in [1.807, 2.05) is 7.11 Å². The van der Waals surface area contributed by atoms with Crippen molar-refractivity contribution in [3.8, 4) is 0 Å². The smallest absolute Gasteiger partial charge is 0.0398 e. The molecule has 0 fully saturated rings. The molecule has 0 saturated carbocycles. The van der Waals surface area contributed by atoms with Gasteiger partial charge in [0.25, 0.3) is 0 Å². The number of rotatable bonds is 11. The van der Waals surface area contributed by atoms with Crippen molar-refractivity contribution in [2.24, 2.45) is 0 Å². The predicted molar refractivity (Wildman–Crippen MR) is 71.9 cm³/mol. The van der Waals surface area contributed by atoms with Crippen molar-refractivity contribution >= 4 is 8.15 Å². The van der Waals surface area contributed by atoms with Gasteiger partial charge in [0, 0.05) is 15.3 Å². The third-order valence-corrected chi connectivity index (χ3v) is 4.93. The Balaban J connectivity index is 3.22. The zero-order chi connectivity index (χ0) is 11.4. The normalized spacial score (nSPS) is 13.0. The minimum atomic E-state index is -0.0888. The van der Waals surface area contributed by atoms with Gasteiger partial charge in [-0.1, -0.05) is 52.4 Å². The second kappa shape index (κ2) is 12.5. The van der Waals surface area contributed by atoms with Gasteiger partial charge in [-0.3, -0.25) is 0 Å². The maximum atomic E-state index is 5.54. The van der Waals surface area contributed by atoms with Gasteiger partial charge in [0.1, 0.15) is 0 Å². The highest BCUT2D eigenvalue weighted by molar-refractivity contribution is 7.52. The van der Waals surface area contributed by atoms with E-state index in [1.54, 1.807) is 0 Å². The Hall–Kier alpha value is 0.390. The van der Waals surface area contributed by atoms with Gasteiger partial charge in [-0.05, 0) is 25.2 Å². The van der Waals surface area contributed by atoms with Crippen LogP contribution in [-0.4, -0.2) is 19.4 Å². The highest BCUT2D eigenvalue weighted by Crippen LogP contribution is 2.37. The second-order valence-corrected chi connectivity index (χ2v) is 6.46. The molecule has 0 aromatic carbocycles. The van der Waals surface area contributed by atoms with Crippen molar-refractivity contribution in [3.05, 3.63) is 0 Å². The summed E-state index contributed by atoms with van der Waals surface area (Å²) >= 11 is 0. The van der Waals surface area contributed by atoms with Gasteiger partial charge in [0.2, 0.25) is 0 Å². The quantitative estimate of drug-likeness (QED) is 0.352. The Kier molecular flexibility index (Phi) is 12.8. The lowest BCUT2D eigenvalue weighted by Gasteiger charge is -2.14. The van der Waals surface area contributed by atoms with Crippen LogP contribution in [0.4, 0.5) is 0 Å². The summed E-state index contributed by atoms with van der Waals surface area (Å²) in [5.41, 5.74) is 0. The molecule has 0 amide bonds. The van der Waals surface area contributed by atoms with E-state index in [0.717, 1.165) is 0 Å². The molecule has 92 valence electrons. The van der Waals surface area contributed by atoms with E-state index in [0.29, 0.717) is 0 Å². The Bertz CT molecular complexity index is 117. The van der Waals surface area contributed by atoms with Crippen molar-refractivity contribution in [1.29, 1.82) is 0 Å². The van der Waals surface area contributed by atoms with Crippen LogP contribution in [0.15, 0.2) is 0 Å². The molecule has 0 N–H and O–H groups in total. The molecule has 0 rings (SSSR count). The highest BCUT2D eigenvalue weighted by Gasteiger charge is 2.05. The summed E-state index contributed by atoms with van der Waals surface area (Å²) in [4.78, 5) is 0. The SMILES string of the molecule is CCCCCCCCP(CCCC)OC. The molecule has 0 aromatic heterocycles. The van der Waals surface area contributed by atoms with E-state index in [9.17, 15) is 0 Å². The molecule has 0 aromatic rings. The number of hydrogen-bond acceptors (Lipinski definition) is 1. The molecule has 0 radical (unpaired) electrons. The molecule has 1 atom stereocenters. The van der Waals surface area contributed by atoms with Crippen LogP contribution in [0.2, 0.25) is 0 Å². The van der Waals surface area contributed by atoms with Crippen molar-refractivity contribution in [1.82, 2.24) is 0 Å². The predicted octanol–water partition coefficient (Wildman–Crippen LogP) is 5.19. The molecular weight excluding hydrogens is 203 g/mol. The topological polar surface area (TPSA) is 9.23 Å². The molecule has 1 nitrogen and oxygen atoms in total. The van der Waals surface area contributed by atoms with Gasteiger partial charge in [-0.25, -0.2) is 0 Å². The van der Waals surface area contributed by atoms with Crippen LogP contribution in [0.3, 0.4) is 0 Å². The summed E-state index contributed by atoms with van der Waals surface area (Å²) in [5, 5.41) is 0. The van der Waals surface area contributed by atoms with E-state index < -0.39 is 0 Å². The first-order chi connectivity index (χ1) is 7.35. The Morgan fingerprint density at radius 1 is 0.733 bits per heavy atom. The Morgan fingerprint density at radius 2 is 1.27 bits per heavy atom. The van der Waals surface area contributed by atoms with E-state index in [4.69, 9.17) is 4.52 Å². The first-order valence-corrected chi connectivity index (χ1v) is 8.27. The lowest BCUT2D eigenvalue weighted by Crippen LogP contribution is -1.93. The van der Waals surface area contributed by atoms with E-state index in [2.05, 4.69) is 13.8 Å². The van der Waals surface area contributed by atoms with E-state index >= 15 is 0 Å². The van der Waals surface area contributed by atoms with Crippen LogP contribution in [0, 0.1) is 0 Å². The molecule has 15 heavy (non-hydrogen) atoms. The van der Waals surface area contributed by atoms with Crippen molar-refractivity contribution in [2.75, 3.05) is 19.4 Å². The molecule has 0 saturated heterocycles. The summed E-state index contributed by atoms with van der Waals surface area (Å²) in [6.45, 7) is 4.53. The number of unbranched alkanes of at least 4 members (excludes halogenated alkanes) is 6. The van der Waals surface area contributed by atoms with Crippen molar-refractivity contribution < 1.29 is 4.52 Å². The van der Waals surface area contributed by atoms with Gasteiger partial charge in [-0.15, -0.1) is 0 Å². The molecule has 0 aliphatic carbocycles. The zero-order valence-corrected chi connectivity index (χ0v) is 11.8. The van der Waals surface area contributed by atoms with Crippen LogP contribution in [0.25, 0.3) is 0 Å². The largest absolute Gasteiger partial charge is 0.362 e. The summed E-state index contributed by atoms with van der Waals surface area (Å²) in [7, 11) is 1.80. The highest BCUT2D eigenvalue weighted by atomic mass is 31.1. The van der Waals surface area contributed by atoms with Crippen LogP contribution in [0.1, 0.15) is 65.2 Å². The second-order valence-electron chi connectivity index (χ2n) is 4.23. The molecule has 0 heterocycles. The fourth-order valence-electron chi connectivity index (χ4n) is 1.70. The van der Waals surface area contributed by atoms with Crippen LogP contribution in [-0.2, 0) is 4.52 Å². The molecule has 0 aliphatic heterocycles. The summed E-state index contributed by atoms with van der Waals surface area (Å²) in [6.07, 6.45) is 13.7. The Labute approximate surface area is 97.8 Å². The van der Waals surface area contributed by atoms with Gasteiger partial charge >= 0.3 is 0 Å². The maximum absolute atomic E-state index is 5.54. The first-order valence-electron chi connectivity index (χ1n) is 6.64. The monoisotopic (exact) mass is 232 g/mol. The molecule has 0 aliphatic rings. The summed E-state index contributed by atoms with van der Waals surface area (Å²) in [5.74, 6) is 0. The first kappa shape index (κ1) is 15.4. The maximum Gasteiger partial charge on any atom is 0.0398 e. The minimum Gasteiger partial charge on any atom is -0.362 e. The molecular formula is C13H29OP. The standard InChI is InChI=1S/C13H29OP/c1-4-6-8-9-10-11-13-15(14-3)12-7-5-2/h4-13H2,1-3H3. The van der Waals surface area contributed by atoms with Gasteiger partial charge < -0.3 is 4.52 Å². The van der Waals surface area contributed by atoms with Gasteiger partial charge in [0.15, 0.2) is 0 Å². The van der Waals surface area contributed by atoms with Crippen molar-refractivity contribution in [2.45, 2.75) is 65.2 Å². The van der Waals surface area contributed by atoms with Crippen molar-refractivity contribution in [3.63, 3.8) is 0 Å². The minimum absolute atomic E-state index is 0.0888. The summed E-state index contributed by atoms with van der Waals surface area (Å²) in [6, 6.07) is 0. The fourth-order valence-corrected chi connectivity index (χ4v) is 3.53.